The van der Waals surface area contributed by atoms with Crippen LogP contribution < -0.4 is 0 Å². The number of benzene rings is 2. The molecule has 0 aliphatic carbocycles. The molecule has 8 nitrogen and oxygen atoms in total. The molecule has 0 spiro atoms. The Morgan fingerprint density at radius 2 is 1.42 bits per heavy atom. The second-order valence-corrected chi connectivity index (χ2v) is 8.77. The van der Waals surface area contributed by atoms with Crippen molar-refractivity contribution in [2.24, 2.45) is 0 Å². The maximum absolute atomic E-state index is 13.0. The smallest absolute Gasteiger partial charge is 0.374 e. The molecular formula is C28H30N4O4. The van der Waals surface area contributed by atoms with Crippen molar-refractivity contribution in [3.8, 4) is 0 Å². The zero-order valence-corrected chi connectivity index (χ0v) is 20.5. The van der Waals surface area contributed by atoms with Crippen LogP contribution in [0.3, 0.4) is 0 Å². The molecule has 4 aromatic rings. The summed E-state index contributed by atoms with van der Waals surface area (Å²) in [5.41, 5.74) is 1.82. The van der Waals surface area contributed by atoms with E-state index >= 15 is 0 Å². The highest BCUT2D eigenvalue weighted by atomic mass is 16.5. The van der Waals surface area contributed by atoms with Crippen molar-refractivity contribution in [3.63, 3.8) is 0 Å². The lowest BCUT2D eigenvalue weighted by atomic mass is 10.1. The Bertz CT molecular complexity index is 1250. The van der Waals surface area contributed by atoms with Gasteiger partial charge in [0, 0.05) is 30.7 Å². The van der Waals surface area contributed by atoms with Crippen molar-refractivity contribution < 1.29 is 19.1 Å². The molecule has 2 aromatic carbocycles. The van der Waals surface area contributed by atoms with Gasteiger partial charge in [-0.3, -0.25) is 0 Å². The molecule has 0 N–H and O–H groups in total. The third-order valence-corrected chi connectivity index (χ3v) is 6.06. The van der Waals surface area contributed by atoms with Crippen LogP contribution in [0.2, 0.25) is 0 Å². The first-order valence-corrected chi connectivity index (χ1v) is 12.0. The van der Waals surface area contributed by atoms with E-state index in [2.05, 4.69) is 16.9 Å². The molecule has 186 valence electrons. The van der Waals surface area contributed by atoms with E-state index in [0.717, 1.165) is 24.0 Å². The summed E-state index contributed by atoms with van der Waals surface area (Å²) in [4.78, 5) is 34.2. The molecule has 2 atom stereocenters. The molecule has 0 aliphatic heterocycles. The van der Waals surface area contributed by atoms with E-state index in [1.54, 1.807) is 23.3 Å². The van der Waals surface area contributed by atoms with Gasteiger partial charge in [0.2, 0.25) is 5.82 Å². The van der Waals surface area contributed by atoms with Crippen molar-refractivity contribution in [2.75, 3.05) is 0 Å². The van der Waals surface area contributed by atoms with E-state index in [1.165, 1.54) is 0 Å². The summed E-state index contributed by atoms with van der Waals surface area (Å²) in [7, 11) is 0. The van der Waals surface area contributed by atoms with E-state index in [9.17, 15) is 9.59 Å². The molecule has 0 saturated carbocycles. The average molecular weight is 487 g/mol. The van der Waals surface area contributed by atoms with Gasteiger partial charge < -0.3 is 18.6 Å². The number of hydrogen-bond acceptors (Lipinski definition) is 6. The molecule has 0 fully saturated rings. The fourth-order valence-corrected chi connectivity index (χ4v) is 3.86. The van der Waals surface area contributed by atoms with Gasteiger partial charge in [-0.25, -0.2) is 19.6 Å². The molecule has 0 bridgehead atoms. The number of carbonyl (C=O) groups excluding carboxylic acids is 2. The molecule has 36 heavy (non-hydrogen) atoms. The molecule has 2 heterocycles. The Balaban J connectivity index is 1.48. The van der Waals surface area contributed by atoms with Gasteiger partial charge in [0.1, 0.15) is 13.2 Å². The van der Waals surface area contributed by atoms with Crippen LogP contribution in [-0.2, 0) is 22.7 Å². The van der Waals surface area contributed by atoms with Gasteiger partial charge in [0.15, 0.2) is 5.69 Å². The van der Waals surface area contributed by atoms with Gasteiger partial charge in [-0.2, -0.15) is 0 Å². The Labute approximate surface area is 210 Å². The Hall–Kier alpha value is -4.20. The predicted octanol–water partition coefficient (Wildman–Crippen LogP) is 5.40. The lowest BCUT2D eigenvalue weighted by Crippen LogP contribution is -2.17. The van der Waals surface area contributed by atoms with Gasteiger partial charge >= 0.3 is 11.9 Å². The number of carbonyl (C=O) groups is 2. The minimum absolute atomic E-state index is 0.0760. The SMILES string of the molecule is CC(CCC(C)n1cc(C(=O)OCc2ccccc2)nc1C(=O)OCc1ccccc1)n1ccnc1. The molecule has 0 saturated heterocycles. The number of ether oxygens (including phenoxy) is 2. The molecule has 0 aliphatic rings. The predicted molar refractivity (Wildman–Crippen MR) is 134 cm³/mol. The summed E-state index contributed by atoms with van der Waals surface area (Å²) in [6.45, 7) is 4.35. The fourth-order valence-electron chi connectivity index (χ4n) is 3.86. The summed E-state index contributed by atoms with van der Waals surface area (Å²) in [5, 5.41) is 0. The first-order valence-electron chi connectivity index (χ1n) is 12.0. The van der Waals surface area contributed by atoms with Crippen LogP contribution in [0.15, 0.2) is 85.6 Å². The zero-order valence-electron chi connectivity index (χ0n) is 20.5. The van der Waals surface area contributed by atoms with Crippen LogP contribution in [-0.4, -0.2) is 31.0 Å². The van der Waals surface area contributed by atoms with Gasteiger partial charge in [-0.05, 0) is 37.8 Å². The summed E-state index contributed by atoms with van der Waals surface area (Å²) < 4.78 is 14.7. The Morgan fingerprint density at radius 3 is 2.00 bits per heavy atom. The lowest BCUT2D eigenvalue weighted by molar-refractivity contribution is 0.0449. The highest BCUT2D eigenvalue weighted by molar-refractivity contribution is 5.91. The van der Waals surface area contributed by atoms with Crippen molar-refractivity contribution in [1.82, 2.24) is 19.1 Å². The van der Waals surface area contributed by atoms with Crippen LogP contribution in [0.5, 0.6) is 0 Å². The number of rotatable bonds is 11. The average Bonchev–Trinajstić information content (AvgIpc) is 3.61. The number of aromatic nitrogens is 4. The minimum Gasteiger partial charge on any atom is -0.456 e. The van der Waals surface area contributed by atoms with Crippen LogP contribution in [0.1, 0.15) is 71.0 Å². The molecule has 4 rings (SSSR count). The number of hydrogen-bond donors (Lipinski definition) is 0. The van der Waals surface area contributed by atoms with Gasteiger partial charge in [-0.1, -0.05) is 60.7 Å². The second-order valence-electron chi connectivity index (χ2n) is 8.77. The third-order valence-electron chi connectivity index (χ3n) is 6.06. The van der Waals surface area contributed by atoms with Crippen molar-refractivity contribution in [3.05, 3.63) is 108 Å². The molecule has 0 radical (unpaired) electrons. The standard InChI is InChI=1S/C28H30N4O4/c1-21(31-16-15-29-20-31)13-14-22(2)32-17-25(27(33)35-18-23-9-5-3-6-10-23)30-26(32)28(34)36-19-24-11-7-4-8-12-24/h3-12,15-17,20-22H,13-14,18-19H2,1-2H3. The summed E-state index contributed by atoms with van der Waals surface area (Å²) in [5.74, 6) is -1.09. The molecule has 2 unspecified atom stereocenters. The Morgan fingerprint density at radius 1 is 0.833 bits per heavy atom. The first kappa shape index (κ1) is 24.9. The first-order chi connectivity index (χ1) is 17.5. The minimum atomic E-state index is -0.589. The van der Waals surface area contributed by atoms with Crippen molar-refractivity contribution in [2.45, 2.75) is 52.0 Å². The number of esters is 2. The van der Waals surface area contributed by atoms with E-state index in [-0.39, 0.29) is 36.8 Å². The topological polar surface area (TPSA) is 88.2 Å². The summed E-state index contributed by atoms with van der Waals surface area (Å²) in [6, 6.07) is 19.0. The van der Waals surface area contributed by atoms with E-state index < -0.39 is 11.9 Å². The third kappa shape index (κ3) is 6.47. The number of nitrogens with zero attached hydrogens (tertiary/aromatic N) is 4. The quantitative estimate of drug-likeness (QED) is 0.264. The van der Waals surface area contributed by atoms with Crippen LogP contribution in [0.4, 0.5) is 0 Å². The second kappa shape index (κ2) is 12.0. The highest BCUT2D eigenvalue weighted by Crippen LogP contribution is 2.23. The van der Waals surface area contributed by atoms with E-state index in [1.807, 2.05) is 78.4 Å². The summed E-state index contributed by atoms with van der Waals surface area (Å²) >= 11 is 0. The lowest BCUT2D eigenvalue weighted by Gasteiger charge is -2.19. The van der Waals surface area contributed by atoms with Gasteiger partial charge in [-0.15, -0.1) is 0 Å². The van der Waals surface area contributed by atoms with Crippen LogP contribution in [0.25, 0.3) is 0 Å². The molecule has 8 heteroatoms. The fraction of sp³-hybridized carbons (Fsp3) is 0.286. The van der Waals surface area contributed by atoms with Crippen molar-refractivity contribution >= 4 is 11.9 Å². The van der Waals surface area contributed by atoms with Crippen LogP contribution in [0, 0.1) is 0 Å². The maximum Gasteiger partial charge on any atom is 0.374 e. The largest absolute Gasteiger partial charge is 0.456 e. The monoisotopic (exact) mass is 486 g/mol. The number of imidazole rings is 2. The Kier molecular flexibility index (Phi) is 8.28. The van der Waals surface area contributed by atoms with Crippen molar-refractivity contribution in [1.29, 1.82) is 0 Å². The normalized spacial score (nSPS) is 12.6. The van der Waals surface area contributed by atoms with Gasteiger partial charge in [0.05, 0.1) is 6.33 Å². The summed E-state index contributed by atoms with van der Waals surface area (Å²) in [6.07, 6.45) is 8.66. The zero-order chi connectivity index (χ0) is 25.3. The van der Waals surface area contributed by atoms with E-state index in [0.29, 0.717) is 0 Å². The molecule has 2 aromatic heterocycles. The van der Waals surface area contributed by atoms with Crippen LogP contribution >= 0.6 is 0 Å². The molecule has 0 amide bonds. The van der Waals surface area contributed by atoms with Gasteiger partial charge in [0.25, 0.3) is 0 Å². The maximum atomic E-state index is 13.0. The molecular weight excluding hydrogens is 456 g/mol. The highest BCUT2D eigenvalue weighted by Gasteiger charge is 2.24. The van der Waals surface area contributed by atoms with E-state index in [4.69, 9.17) is 9.47 Å².